The Hall–Kier alpha value is -1.59. The fraction of sp³-hybridized carbons (Fsp3) is 0.375. The van der Waals surface area contributed by atoms with Gasteiger partial charge in [-0.2, -0.15) is 0 Å². The van der Waals surface area contributed by atoms with E-state index in [1.165, 1.54) is 0 Å². The monoisotopic (exact) mass is 308 g/mol. The molecule has 0 amide bonds. The van der Waals surface area contributed by atoms with Crippen molar-refractivity contribution in [3.63, 3.8) is 0 Å². The molecule has 0 heterocycles. The molecule has 2 aromatic rings. The van der Waals surface area contributed by atoms with Gasteiger partial charge < -0.3 is 9.84 Å². The van der Waals surface area contributed by atoms with Crippen molar-refractivity contribution >= 4 is 20.6 Å². The highest BCUT2D eigenvalue weighted by Crippen LogP contribution is 2.33. The lowest BCUT2D eigenvalue weighted by Crippen LogP contribution is -2.16. The number of benzene rings is 2. The van der Waals surface area contributed by atoms with Crippen molar-refractivity contribution in [1.82, 2.24) is 0 Å². The third kappa shape index (κ3) is 3.74. The van der Waals surface area contributed by atoms with Crippen molar-refractivity contribution in [2.45, 2.75) is 20.0 Å². The highest BCUT2D eigenvalue weighted by molar-refractivity contribution is 7.91. The SMILES string of the molecule is CCS(=O)(=O)CCOc1c([C@H](C)O)ccc2ccccc12. The van der Waals surface area contributed by atoms with Gasteiger partial charge in [-0.15, -0.1) is 0 Å². The summed E-state index contributed by atoms with van der Waals surface area (Å²) >= 11 is 0. The third-order valence-electron chi connectivity index (χ3n) is 3.44. The largest absolute Gasteiger partial charge is 0.491 e. The molecule has 0 aliphatic carbocycles. The molecule has 0 radical (unpaired) electrons. The van der Waals surface area contributed by atoms with Crippen LogP contribution in [0.2, 0.25) is 0 Å². The zero-order valence-corrected chi connectivity index (χ0v) is 13.1. The van der Waals surface area contributed by atoms with Crippen molar-refractivity contribution in [3.05, 3.63) is 42.0 Å². The number of aliphatic hydroxyl groups is 1. The molecule has 0 bridgehead atoms. The summed E-state index contributed by atoms with van der Waals surface area (Å²) in [5.74, 6) is 0.649. The zero-order chi connectivity index (χ0) is 15.5. The summed E-state index contributed by atoms with van der Waals surface area (Å²) < 4.78 is 28.8. The molecule has 0 saturated carbocycles. The highest BCUT2D eigenvalue weighted by Gasteiger charge is 2.14. The lowest BCUT2D eigenvalue weighted by molar-refractivity contribution is 0.193. The molecule has 4 nitrogen and oxygen atoms in total. The molecular formula is C16H20O4S. The molecule has 0 aliphatic rings. The quantitative estimate of drug-likeness (QED) is 0.891. The number of fused-ring (bicyclic) bond motifs is 1. The van der Waals surface area contributed by atoms with E-state index in [-0.39, 0.29) is 18.1 Å². The first-order valence-electron chi connectivity index (χ1n) is 6.97. The molecule has 1 atom stereocenters. The fourth-order valence-corrected chi connectivity index (χ4v) is 2.79. The van der Waals surface area contributed by atoms with E-state index in [2.05, 4.69) is 0 Å². The Kier molecular flexibility index (Phi) is 4.85. The molecule has 0 saturated heterocycles. The summed E-state index contributed by atoms with van der Waals surface area (Å²) in [7, 11) is -3.06. The lowest BCUT2D eigenvalue weighted by atomic mass is 10.0. The Morgan fingerprint density at radius 2 is 1.90 bits per heavy atom. The van der Waals surface area contributed by atoms with Crippen LogP contribution in [0.25, 0.3) is 10.8 Å². The van der Waals surface area contributed by atoms with Gasteiger partial charge in [-0.1, -0.05) is 43.3 Å². The van der Waals surface area contributed by atoms with Crippen molar-refractivity contribution in [3.8, 4) is 5.75 Å². The van der Waals surface area contributed by atoms with E-state index in [4.69, 9.17) is 4.74 Å². The van der Waals surface area contributed by atoms with Crippen LogP contribution in [-0.2, 0) is 9.84 Å². The predicted octanol–water partition coefficient (Wildman–Crippen LogP) is 2.71. The summed E-state index contributed by atoms with van der Waals surface area (Å²) in [5, 5.41) is 11.7. The van der Waals surface area contributed by atoms with Gasteiger partial charge in [-0.25, -0.2) is 8.42 Å². The summed E-state index contributed by atoms with van der Waals surface area (Å²) in [6.45, 7) is 3.37. The maximum Gasteiger partial charge on any atom is 0.153 e. The van der Waals surface area contributed by atoms with Crippen LogP contribution in [0.5, 0.6) is 5.75 Å². The first-order valence-corrected chi connectivity index (χ1v) is 8.79. The second-order valence-corrected chi connectivity index (χ2v) is 7.44. The molecule has 0 aliphatic heterocycles. The molecule has 114 valence electrons. The van der Waals surface area contributed by atoms with E-state index >= 15 is 0 Å². The first kappa shape index (κ1) is 15.8. The van der Waals surface area contributed by atoms with Crippen molar-refractivity contribution in [1.29, 1.82) is 0 Å². The normalized spacial score (nSPS) is 13.3. The van der Waals surface area contributed by atoms with Gasteiger partial charge in [0, 0.05) is 16.7 Å². The fourth-order valence-electron chi connectivity index (χ4n) is 2.16. The van der Waals surface area contributed by atoms with Gasteiger partial charge in [-0.3, -0.25) is 0 Å². The maximum absolute atomic E-state index is 11.5. The highest BCUT2D eigenvalue weighted by atomic mass is 32.2. The van der Waals surface area contributed by atoms with Crippen molar-refractivity contribution in [2.24, 2.45) is 0 Å². The Morgan fingerprint density at radius 3 is 2.57 bits per heavy atom. The maximum atomic E-state index is 11.5. The van der Waals surface area contributed by atoms with Crippen molar-refractivity contribution in [2.75, 3.05) is 18.1 Å². The number of rotatable bonds is 6. The molecular weight excluding hydrogens is 288 g/mol. The Labute approximate surface area is 125 Å². The van der Waals surface area contributed by atoms with Crippen LogP contribution in [0.4, 0.5) is 0 Å². The summed E-state index contributed by atoms with van der Waals surface area (Å²) in [4.78, 5) is 0. The summed E-state index contributed by atoms with van der Waals surface area (Å²) in [6.07, 6.45) is -0.674. The second kappa shape index (κ2) is 6.45. The van der Waals surface area contributed by atoms with Crippen LogP contribution in [0.15, 0.2) is 36.4 Å². The minimum atomic E-state index is -3.06. The predicted molar refractivity (Wildman–Crippen MR) is 84.4 cm³/mol. The topological polar surface area (TPSA) is 63.6 Å². The second-order valence-electron chi connectivity index (χ2n) is 4.97. The molecule has 2 rings (SSSR count). The Morgan fingerprint density at radius 1 is 1.19 bits per heavy atom. The van der Waals surface area contributed by atoms with Gasteiger partial charge in [0.2, 0.25) is 0 Å². The average molecular weight is 308 g/mol. The van der Waals surface area contributed by atoms with E-state index in [1.807, 2.05) is 36.4 Å². The van der Waals surface area contributed by atoms with Gasteiger partial charge in [0.05, 0.1) is 11.9 Å². The van der Waals surface area contributed by atoms with Crippen LogP contribution >= 0.6 is 0 Å². The lowest BCUT2D eigenvalue weighted by Gasteiger charge is -2.16. The van der Waals surface area contributed by atoms with Gasteiger partial charge in [0.15, 0.2) is 9.84 Å². The molecule has 0 aromatic heterocycles. The molecule has 1 N–H and O–H groups in total. The number of aliphatic hydroxyl groups excluding tert-OH is 1. The summed E-state index contributed by atoms with van der Waals surface area (Å²) in [5.41, 5.74) is 0.669. The van der Waals surface area contributed by atoms with E-state index in [1.54, 1.807) is 13.8 Å². The first-order chi connectivity index (χ1) is 9.94. The Balaban J connectivity index is 2.34. The van der Waals surface area contributed by atoms with E-state index in [0.29, 0.717) is 11.3 Å². The number of sulfone groups is 1. The molecule has 0 fully saturated rings. The number of ether oxygens (including phenoxy) is 1. The van der Waals surface area contributed by atoms with Gasteiger partial charge >= 0.3 is 0 Å². The van der Waals surface area contributed by atoms with Crippen LogP contribution in [-0.4, -0.2) is 31.6 Å². The van der Waals surface area contributed by atoms with Crippen LogP contribution in [0.1, 0.15) is 25.5 Å². The molecule has 5 heteroatoms. The molecule has 0 unspecified atom stereocenters. The van der Waals surface area contributed by atoms with Crippen LogP contribution < -0.4 is 4.74 Å². The van der Waals surface area contributed by atoms with Gasteiger partial charge in [-0.05, 0) is 12.3 Å². The minimum Gasteiger partial charge on any atom is -0.491 e. The standard InChI is InChI=1S/C16H20O4S/c1-3-21(18,19)11-10-20-16-14(12(2)17)9-8-13-6-4-5-7-15(13)16/h4-9,12,17H,3,10-11H2,1-2H3/t12-/m0/s1. The summed E-state index contributed by atoms with van der Waals surface area (Å²) in [6, 6.07) is 11.4. The Bertz CT molecular complexity index is 720. The third-order valence-corrected chi connectivity index (χ3v) is 5.11. The molecule has 21 heavy (non-hydrogen) atoms. The van der Waals surface area contributed by atoms with Crippen molar-refractivity contribution < 1.29 is 18.3 Å². The number of hydrogen-bond acceptors (Lipinski definition) is 4. The number of hydrogen-bond donors (Lipinski definition) is 1. The zero-order valence-electron chi connectivity index (χ0n) is 12.2. The van der Waals surface area contributed by atoms with Gasteiger partial charge in [0.1, 0.15) is 12.4 Å². The van der Waals surface area contributed by atoms with Crippen LogP contribution in [0.3, 0.4) is 0 Å². The minimum absolute atomic E-state index is 0.0219. The van der Waals surface area contributed by atoms with E-state index in [0.717, 1.165) is 10.8 Å². The van der Waals surface area contributed by atoms with E-state index in [9.17, 15) is 13.5 Å². The van der Waals surface area contributed by atoms with Crippen LogP contribution in [0, 0.1) is 0 Å². The molecule has 0 spiro atoms. The van der Waals surface area contributed by atoms with Gasteiger partial charge in [0.25, 0.3) is 0 Å². The smallest absolute Gasteiger partial charge is 0.153 e. The average Bonchev–Trinajstić information content (AvgIpc) is 2.47. The molecule has 2 aromatic carbocycles. The van der Waals surface area contributed by atoms with E-state index < -0.39 is 15.9 Å².